The van der Waals surface area contributed by atoms with Gasteiger partial charge in [0.15, 0.2) is 9.84 Å². The molecule has 0 saturated carbocycles. The molecule has 0 aromatic rings. The van der Waals surface area contributed by atoms with E-state index in [1.54, 1.807) is 7.11 Å². The molecule has 1 aliphatic rings. The maximum Gasteiger partial charge on any atom is 0.215 e. The lowest BCUT2D eigenvalue weighted by Gasteiger charge is -2.11. The fourth-order valence-electron chi connectivity index (χ4n) is 1.70. The Bertz CT molecular complexity index is 446. The van der Waals surface area contributed by atoms with Gasteiger partial charge in [0.05, 0.1) is 23.4 Å². The van der Waals surface area contributed by atoms with E-state index in [0.29, 0.717) is 19.7 Å². The van der Waals surface area contributed by atoms with Gasteiger partial charge in [-0.1, -0.05) is 0 Å². The Morgan fingerprint density at radius 3 is 2.56 bits per heavy atom. The summed E-state index contributed by atoms with van der Waals surface area (Å²) in [7, 11) is -5.11. The van der Waals surface area contributed by atoms with Crippen molar-refractivity contribution < 1.29 is 21.6 Å². The fourth-order valence-corrected chi connectivity index (χ4v) is 5.79. The zero-order chi connectivity index (χ0) is 13.6. The van der Waals surface area contributed by atoms with Gasteiger partial charge in [-0.05, 0) is 6.42 Å². The van der Waals surface area contributed by atoms with Gasteiger partial charge in [0.25, 0.3) is 0 Å². The minimum absolute atomic E-state index is 0.0370. The van der Waals surface area contributed by atoms with E-state index < -0.39 is 25.1 Å². The third kappa shape index (κ3) is 5.19. The second-order valence-corrected chi connectivity index (χ2v) is 8.48. The van der Waals surface area contributed by atoms with Gasteiger partial charge < -0.3 is 10.1 Å². The summed E-state index contributed by atoms with van der Waals surface area (Å²) in [6, 6.07) is 0. The van der Waals surface area contributed by atoms with Gasteiger partial charge in [-0.3, -0.25) is 0 Å². The van der Waals surface area contributed by atoms with Crippen LogP contribution in [0.3, 0.4) is 0 Å². The van der Waals surface area contributed by atoms with Crippen molar-refractivity contribution in [3.05, 3.63) is 0 Å². The highest BCUT2D eigenvalue weighted by atomic mass is 32.2. The van der Waals surface area contributed by atoms with Crippen molar-refractivity contribution in [3.8, 4) is 0 Å². The van der Waals surface area contributed by atoms with Crippen LogP contribution in [-0.4, -0.2) is 66.9 Å². The van der Waals surface area contributed by atoms with Gasteiger partial charge >= 0.3 is 0 Å². The number of methoxy groups -OCH3 is 1. The highest BCUT2D eigenvalue weighted by Gasteiger charge is 2.36. The minimum Gasteiger partial charge on any atom is -0.383 e. The zero-order valence-corrected chi connectivity index (χ0v) is 12.0. The summed E-state index contributed by atoms with van der Waals surface area (Å²) in [4.78, 5) is 0. The van der Waals surface area contributed by atoms with Crippen molar-refractivity contribution in [2.75, 3.05) is 44.9 Å². The van der Waals surface area contributed by atoms with Crippen LogP contribution in [0.4, 0.5) is 0 Å². The molecule has 2 N–H and O–H groups in total. The minimum atomic E-state index is -3.52. The van der Waals surface area contributed by atoms with Crippen LogP contribution in [0.1, 0.15) is 6.42 Å². The molecule has 1 unspecified atom stereocenters. The molecule has 1 heterocycles. The van der Waals surface area contributed by atoms with Gasteiger partial charge in [0, 0.05) is 26.7 Å². The van der Waals surface area contributed by atoms with Gasteiger partial charge in [-0.25, -0.2) is 21.6 Å². The molecule has 1 fully saturated rings. The lowest BCUT2D eigenvalue weighted by atomic mass is 10.4. The molecule has 1 aliphatic heterocycles. The smallest absolute Gasteiger partial charge is 0.215 e. The summed E-state index contributed by atoms with van der Waals surface area (Å²) in [5.74, 6) is -0.301. The first-order valence-corrected chi connectivity index (χ1v) is 9.13. The van der Waals surface area contributed by atoms with E-state index in [1.807, 2.05) is 0 Å². The van der Waals surface area contributed by atoms with E-state index in [2.05, 4.69) is 10.0 Å². The number of ether oxygens (including phenoxy) is 1. The van der Waals surface area contributed by atoms with E-state index in [4.69, 9.17) is 4.74 Å². The van der Waals surface area contributed by atoms with E-state index >= 15 is 0 Å². The first kappa shape index (κ1) is 15.8. The molecule has 1 rings (SSSR count). The van der Waals surface area contributed by atoms with E-state index in [1.165, 1.54) is 0 Å². The van der Waals surface area contributed by atoms with Crippen LogP contribution in [0, 0.1) is 0 Å². The second kappa shape index (κ2) is 6.80. The molecule has 7 nitrogen and oxygen atoms in total. The van der Waals surface area contributed by atoms with Crippen LogP contribution in [-0.2, 0) is 24.6 Å². The quantitative estimate of drug-likeness (QED) is 0.520. The van der Waals surface area contributed by atoms with Crippen molar-refractivity contribution in [1.82, 2.24) is 10.0 Å². The summed E-state index contributed by atoms with van der Waals surface area (Å²) in [5, 5.41) is 2.19. The number of rotatable bonds is 8. The number of hydrogen-bond acceptors (Lipinski definition) is 6. The predicted octanol–water partition coefficient (Wildman–Crippen LogP) is -1.67. The Balaban J connectivity index is 2.28. The van der Waals surface area contributed by atoms with Crippen molar-refractivity contribution in [1.29, 1.82) is 0 Å². The number of sulfonamides is 1. The molecule has 0 amide bonds. The molecular weight excluding hydrogens is 280 g/mol. The summed E-state index contributed by atoms with van der Waals surface area (Å²) in [6.45, 7) is 1.95. The van der Waals surface area contributed by atoms with Gasteiger partial charge in [-0.15, -0.1) is 0 Å². The van der Waals surface area contributed by atoms with Crippen LogP contribution in [0.15, 0.2) is 0 Å². The summed E-state index contributed by atoms with van der Waals surface area (Å²) in [6.07, 6.45) is 0.189. The summed E-state index contributed by atoms with van der Waals surface area (Å²) < 4.78 is 53.2. The molecule has 9 heteroatoms. The van der Waals surface area contributed by atoms with Crippen LogP contribution >= 0.6 is 0 Å². The molecule has 1 saturated heterocycles. The molecule has 108 valence electrons. The average Bonchev–Trinajstić information content (AvgIpc) is 2.65. The maximum absolute atomic E-state index is 11.8. The fraction of sp³-hybridized carbons (Fsp3) is 1.00. The first-order chi connectivity index (χ1) is 8.37. The Morgan fingerprint density at radius 1 is 1.28 bits per heavy atom. The van der Waals surface area contributed by atoms with Crippen LogP contribution in [0.5, 0.6) is 0 Å². The largest absolute Gasteiger partial charge is 0.383 e. The Labute approximate surface area is 108 Å². The Kier molecular flexibility index (Phi) is 5.99. The number of nitrogens with one attached hydrogen (secondary N) is 2. The third-order valence-corrected chi connectivity index (χ3v) is 6.58. The summed E-state index contributed by atoms with van der Waals surface area (Å²) in [5.41, 5.74) is 0. The van der Waals surface area contributed by atoms with Crippen LogP contribution < -0.4 is 10.0 Å². The molecule has 0 aromatic carbocycles. The molecule has 0 aliphatic carbocycles. The van der Waals surface area contributed by atoms with Crippen molar-refractivity contribution in [2.45, 2.75) is 11.7 Å². The van der Waals surface area contributed by atoms with E-state index in [-0.39, 0.29) is 24.5 Å². The molecule has 0 aromatic heterocycles. The standard InChI is InChI=1S/C9H20N2O5S2/c1-16-6-5-10-3-4-11-18(14,15)9-2-7-17(12,13)8-9/h9-11H,2-8H2,1H3. The Hall–Kier alpha value is -0.220. The highest BCUT2D eigenvalue weighted by Crippen LogP contribution is 2.17. The average molecular weight is 300 g/mol. The lowest BCUT2D eigenvalue weighted by molar-refractivity contribution is 0.199. The monoisotopic (exact) mass is 300 g/mol. The van der Waals surface area contributed by atoms with Crippen molar-refractivity contribution in [3.63, 3.8) is 0 Å². The first-order valence-electron chi connectivity index (χ1n) is 5.76. The van der Waals surface area contributed by atoms with Crippen molar-refractivity contribution in [2.24, 2.45) is 0 Å². The topological polar surface area (TPSA) is 102 Å². The van der Waals surface area contributed by atoms with Gasteiger partial charge in [0.1, 0.15) is 0 Å². The van der Waals surface area contributed by atoms with Gasteiger partial charge in [-0.2, -0.15) is 0 Å². The predicted molar refractivity (Wildman–Crippen MR) is 68.7 cm³/mol. The van der Waals surface area contributed by atoms with Gasteiger partial charge in [0.2, 0.25) is 10.0 Å². The number of sulfone groups is 1. The molecule has 0 radical (unpaired) electrons. The zero-order valence-electron chi connectivity index (χ0n) is 10.4. The van der Waals surface area contributed by atoms with Crippen LogP contribution in [0.2, 0.25) is 0 Å². The molecule has 18 heavy (non-hydrogen) atoms. The second-order valence-electron chi connectivity index (χ2n) is 4.21. The highest BCUT2D eigenvalue weighted by molar-refractivity contribution is 7.95. The van der Waals surface area contributed by atoms with Crippen molar-refractivity contribution >= 4 is 19.9 Å². The molecular formula is C9H20N2O5S2. The lowest BCUT2D eigenvalue weighted by Crippen LogP contribution is -2.39. The normalized spacial score (nSPS) is 23.3. The molecule has 0 bridgehead atoms. The molecule has 0 spiro atoms. The SMILES string of the molecule is COCCNCCNS(=O)(=O)C1CCS(=O)(=O)C1. The maximum atomic E-state index is 11.8. The van der Waals surface area contributed by atoms with Crippen LogP contribution in [0.25, 0.3) is 0 Å². The number of hydrogen-bond donors (Lipinski definition) is 2. The summed E-state index contributed by atoms with van der Waals surface area (Å²) >= 11 is 0. The molecule has 1 atom stereocenters. The Morgan fingerprint density at radius 2 is 2.00 bits per heavy atom. The van der Waals surface area contributed by atoms with E-state index in [0.717, 1.165) is 0 Å². The van der Waals surface area contributed by atoms with E-state index in [9.17, 15) is 16.8 Å². The third-order valence-electron chi connectivity index (χ3n) is 2.72.